The van der Waals surface area contributed by atoms with Crippen LogP contribution >= 0.6 is 11.6 Å². The first-order valence-electron chi connectivity index (χ1n) is 11.9. The molecule has 0 radical (unpaired) electrons. The third-order valence-electron chi connectivity index (χ3n) is 6.33. The first kappa shape index (κ1) is 28.6. The van der Waals surface area contributed by atoms with Crippen LogP contribution in [-0.2, 0) is 20.8 Å². The summed E-state index contributed by atoms with van der Waals surface area (Å²) in [7, 11) is -4.34. The number of halogens is 5. The summed E-state index contributed by atoms with van der Waals surface area (Å²) in [4.78, 5) is 11.0. The SMILES string of the molecule is CC(=O)NCC1CC(S(=O)(=O)c2cccc(C(F)(F)F)c2)c2cc(C=C(C)c3c(F)cccc3Cl)ccc2O1. The molecular weight excluding hydrogens is 558 g/mol. The van der Waals surface area contributed by atoms with E-state index >= 15 is 0 Å². The molecule has 0 saturated carbocycles. The molecule has 1 amide bonds. The van der Waals surface area contributed by atoms with Crippen LogP contribution in [0.3, 0.4) is 0 Å². The van der Waals surface area contributed by atoms with Gasteiger partial charge >= 0.3 is 6.18 Å². The molecule has 39 heavy (non-hydrogen) atoms. The maximum atomic E-state index is 14.4. The van der Waals surface area contributed by atoms with Gasteiger partial charge in [0.25, 0.3) is 0 Å². The van der Waals surface area contributed by atoms with Gasteiger partial charge in [0, 0.05) is 24.5 Å². The van der Waals surface area contributed by atoms with Gasteiger partial charge in [-0.25, -0.2) is 12.8 Å². The highest BCUT2D eigenvalue weighted by atomic mass is 35.5. The average Bonchev–Trinajstić information content (AvgIpc) is 2.86. The molecule has 2 unspecified atom stereocenters. The van der Waals surface area contributed by atoms with Crippen molar-refractivity contribution >= 4 is 39.0 Å². The monoisotopic (exact) mass is 581 g/mol. The zero-order valence-corrected chi connectivity index (χ0v) is 22.4. The van der Waals surface area contributed by atoms with Crippen molar-refractivity contribution in [3.8, 4) is 5.75 Å². The van der Waals surface area contributed by atoms with Crippen molar-refractivity contribution in [2.45, 2.75) is 42.7 Å². The Hall–Kier alpha value is -3.37. The fourth-order valence-corrected chi connectivity index (χ4v) is 6.68. The first-order valence-corrected chi connectivity index (χ1v) is 13.8. The highest BCUT2D eigenvalue weighted by molar-refractivity contribution is 7.91. The number of rotatable bonds is 6. The summed E-state index contributed by atoms with van der Waals surface area (Å²) in [6, 6.07) is 12.6. The first-order chi connectivity index (χ1) is 18.3. The molecule has 0 aromatic heterocycles. The lowest BCUT2D eigenvalue weighted by molar-refractivity contribution is -0.137. The molecule has 1 aliphatic heterocycles. The van der Waals surface area contributed by atoms with E-state index in [9.17, 15) is 30.8 Å². The number of hydrogen-bond acceptors (Lipinski definition) is 4. The highest BCUT2D eigenvalue weighted by Gasteiger charge is 2.39. The van der Waals surface area contributed by atoms with Gasteiger partial charge in [-0.1, -0.05) is 35.9 Å². The molecule has 3 aromatic rings. The average molecular weight is 582 g/mol. The van der Waals surface area contributed by atoms with Crippen molar-refractivity contribution in [2.75, 3.05) is 6.54 Å². The minimum absolute atomic E-state index is 0.00985. The number of nitrogens with one attached hydrogen (secondary N) is 1. The Kier molecular flexibility index (Phi) is 8.09. The molecule has 1 aliphatic rings. The van der Waals surface area contributed by atoms with Gasteiger partial charge in [0.15, 0.2) is 9.84 Å². The minimum atomic E-state index is -4.73. The summed E-state index contributed by atoms with van der Waals surface area (Å²) in [5, 5.41) is 1.52. The maximum absolute atomic E-state index is 14.4. The molecular formula is C28H24ClF4NO4S. The van der Waals surface area contributed by atoms with Crippen LogP contribution < -0.4 is 10.1 Å². The fourth-order valence-electron chi connectivity index (χ4n) is 4.50. The summed E-state index contributed by atoms with van der Waals surface area (Å²) >= 11 is 6.18. The van der Waals surface area contributed by atoms with Crippen molar-refractivity contribution in [2.24, 2.45) is 0 Å². The second-order valence-electron chi connectivity index (χ2n) is 9.19. The number of ether oxygens (including phenoxy) is 1. The van der Waals surface area contributed by atoms with Gasteiger partial charge in [0.05, 0.1) is 27.3 Å². The van der Waals surface area contributed by atoms with Gasteiger partial charge < -0.3 is 10.1 Å². The van der Waals surface area contributed by atoms with Crippen molar-refractivity contribution in [1.29, 1.82) is 0 Å². The smallest absolute Gasteiger partial charge is 0.416 e. The molecule has 0 saturated heterocycles. The van der Waals surface area contributed by atoms with Crippen molar-refractivity contribution in [1.82, 2.24) is 5.32 Å². The lowest BCUT2D eigenvalue weighted by atomic mass is 9.97. The van der Waals surface area contributed by atoms with Crippen LogP contribution in [0.5, 0.6) is 5.75 Å². The van der Waals surface area contributed by atoms with Gasteiger partial charge in [-0.15, -0.1) is 0 Å². The van der Waals surface area contributed by atoms with E-state index in [0.717, 1.165) is 18.2 Å². The highest BCUT2D eigenvalue weighted by Crippen LogP contribution is 2.44. The van der Waals surface area contributed by atoms with Gasteiger partial charge in [-0.3, -0.25) is 4.79 Å². The van der Waals surface area contributed by atoms with E-state index in [1.165, 1.54) is 19.1 Å². The molecule has 0 spiro atoms. The predicted molar refractivity (Wildman–Crippen MR) is 140 cm³/mol. The zero-order chi connectivity index (χ0) is 28.5. The summed E-state index contributed by atoms with van der Waals surface area (Å²) in [5.74, 6) is -0.649. The Morgan fingerprint density at radius 1 is 1.10 bits per heavy atom. The van der Waals surface area contributed by atoms with Crippen LogP contribution in [0.15, 0.2) is 65.6 Å². The number of amides is 1. The standard InChI is InChI=1S/C28H24ClF4NO4S/c1-16(27-23(29)7-4-8-24(27)30)11-18-9-10-25-22(12-18)26(14-20(38-25)15-34-17(2)35)39(36,37)21-6-3-5-19(13-21)28(31,32)33/h3-13,20,26H,14-15H2,1-2H3,(H,34,35). The molecule has 1 heterocycles. The molecule has 2 atom stereocenters. The molecule has 3 aromatic carbocycles. The van der Waals surface area contributed by atoms with E-state index in [1.54, 1.807) is 37.3 Å². The van der Waals surface area contributed by atoms with E-state index in [0.29, 0.717) is 17.2 Å². The van der Waals surface area contributed by atoms with Crippen LogP contribution in [0.2, 0.25) is 5.02 Å². The number of carbonyl (C=O) groups is 1. The Balaban J connectivity index is 1.80. The van der Waals surface area contributed by atoms with Crippen LogP contribution in [0.1, 0.15) is 47.8 Å². The van der Waals surface area contributed by atoms with Crippen molar-refractivity contribution in [3.05, 3.63) is 93.8 Å². The van der Waals surface area contributed by atoms with Gasteiger partial charge in [-0.2, -0.15) is 13.2 Å². The Morgan fingerprint density at radius 3 is 2.49 bits per heavy atom. The normalized spacial score (nSPS) is 17.8. The second-order valence-corrected chi connectivity index (χ2v) is 11.7. The Morgan fingerprint density at radius 2 is 1.82 bits per heavy atom. The predicted octanol–water partition coefficient (Wildman–Crippen LogP) is 6.86. The lowest BCUT2D eigenvalue weighted by Crippen LogP contribution is -2.38. The molecule has 4 rings (SSSR count). The summed E-state index contributed by atoms with van der Waals surface area (Å²) in [5.41, 5.74) is 0.346. The molecule has 1 N–H and O–H groups in total. The van der Waals surface area contributed by atoms with E-state index < -0.39 is 43.6 Å². The number of fused-ring (bicyclic) bond motifs is 1. The van der Waals surface area contributed by atoms with E-state index in [4.69, 9.17) is 16.3 Å². The van der Waals surface area contributed by atoms with Gasteiger partial charge in [0.1, 0.15) is 17.7 Å². The quantitative estimate of drug-likeness (QED) is 0.255. The summed E-state index contributed by atoms with van der Waals surface area (Å²) in [6.07, 6.45) is -3.96. The maximum Gasteiger partial charge on any atom is 0.416 e. The van der Waals surface area contributed by atoms with E-state index in [-0.39, 0.29) is 40.8 Å². The van der Waals surface area contributed by atoms with Crippen molar-refractivity contribution < 1.29 is 35.5 Å². The molecule has 0 bridgehead atoms. The lowest BCUT2D eigenvalue weighted by Gasteiger charge is -2.32. The molecule has 0 fully saturated rings. The third kappa shape index (κ3) is 6.28. The van der Waals surface area contributed by atoms with Crippen LogP contribution in [0, 0.1) is 5.82 Å². The van der Waals surface area contributed by atoms with Gasteiger partial charge in [0.2, 0.25) is 5.91 Å². The topological polar surface area (TPSA) is 72.5 Å². The van der Waals surface area contributed by atoms with E-state index in [2.05, 4.69) is 5.32 Å². The number of alkyl halides is 3. The number of sulfone groups is 1. The second kappa shape index (κ2) is 11.0. The van der Waals surface area contributed by atoms with Crippen molar-refractivity contribution in [3.63, 3.8) is 0 Å². The third-order valence-corrected chi connectivity index (χ3v) is 8.76. The Bertz CT molecular complexity index is 1530. The van der Waals surface area contributed by atoms with Crippen LogP contribution in [0.25, 0.3) is 11.6 Å². The van der Waals surface area contributed by atoms with E-state index in [1.807, 2.05) is 0 Å². The summed E-state index contributed by atoms with van der Waals surface area (Å²) < 4.78 is 88.0. The number of allylic oxidation sites excluding steroid dienone is 1. The molecule has 5 nitrogen and oxygen atoms in total. The minimum Gasteiger partial charge on any atom is -0.488 e. The number of benzene rings is 3. The van der Waals surface area contributed by atoms with Gasteiger partial charge in [-0.05, 0) is 60.5 Å². The number of hydrogen-bond donors (Lipinski definition) is 1. The number of carbonyl (C=O) groups excluding carboxylic acids is 1. The van der Waals surface area contributed by atoms with Crippen LogP contribution in [0.4, 0.5) is 17.6 Å². The summed E-state index contributed by atoms with van der Waals surface area (Å²) in [6.45, 7) is 2.97. The fraction of sp³-hybridized carbons (Fsp3) is 0.250. The molecule has 206 valence electrons. The van der Waals surface area contributed by atoms with Crippen LogP contribution in [-0.4, -0.2) is 27.0 Å². The Labute approximate surface area is 228 Å². The largest absolute Gasteiger partial charge is 0.488 e. The zero-order valence-electron chi connectivity index (χ0n) is 20.9. The molecule has 0 aliphatic carbocycles. The molecule has 11 heteroatoms.